The Morgan fingerprint density at radius 1 is 1.08 bits per heavy atom. The fourth-order valence-electron chi connectivity index (χ4n) is 2.92. The maximum atomic E-state index is 13.0. The molecule has 4 nitrogen and oxygen atoms in total. The molecule has 124 valence electrons. The molecule has 0 saturated carbocycles. The molecule has 1 aliphatic rings. The van der Waals surface area contributed by atoms with Gasteiger partial charge < -0.3 is 10.6 Å². The van der Waals surface area contributed by atoms with E-state index in [-0.39, 0.29) is 17.7 Å². The van der Waals surface area contributed by atoms with E-state index in [1.807, 2.05) is 58.8 Å². The number of nitrogens with zero attached hydrogens (tertiary/aromatic N) is 1. The van der Waals surface area contributed by atoms with Gasteiger partial charge in [0.05, 0.1) is 5.57 Å². The van der Waals surface area contributed by atoms with Crippen LogP contribution in [0.1, 0.15) is 23.3 Å². The Kier molecular flexibility index (Phi) is 5.11. The van der Waals surface area contributed by atoms with E-state index in [0.717, 1.165) is 10.4 Å². The van der Waals surface area contributed by atoms with Crippen LogP contribution in [0.4, 0.5) is 0 Å². The number of rotatable bonds is 4. The van der Waals surface area contributed by atoms with Crippen molar-refractivity contribution in [2.45, 2.75) is 12.8 Å². The van der Waals surface area contributed by atoms with Crippen LogP contribution in [-0.2, 0) is 9.59 Å². The first-order chi connectivity index (χ1) is 11.6. The highest BCUT2D eigenvalue weighted by molar-refractivity contribution is 7.11. The number of carbonyl (C=O) groups is 2. The molecule has 3 rings (SSSR count). The van der Waals surface area contributed by atoms with Crippen molar-refractivity contribution in [3.63, 3.8) is 0 Å². The van der Waals surface area contributed by atoms with E-state index >= 15 is 0 Å². The topological polar surface area (TPSA) is 63.4 Å². The Morgan fingerprint density at radius 3 is 2.38 bits per heavy atom. The maximum absolute atomic E-state index is 13.0. The summed E-state index contributed by atoms with van der Waals surface area (Å²) < 4.78 is 0. The van der Waals surface area contributed by atoms with Crippen molar-refractivity contribution >= 4 is 34.8 Å². The summed E-state index contributed by atoms with van der Waals surface area (Å²) >= 11 is 1.56. The van der Waals surface area contributed by atoms with Gasteiger partial charge in [-0.15, -0.1) is 11.3 Å². The smallest absolute Gasteiger partial charge is 0.255 e. The van der Waals surface area contributed by atoms with E-state index in [4.69, 9.17) is 5.73 Å². The second-order valence-electron chi connectivity index (χ2n) is 5.91. The summed E-state index contributed by atoms with van der Waals surface area (Å²) in [6.07, 6.45) is 3.22. The lowest BCUT2D eigenvalue weighted by Gasteiger charge is -2.31. The number of amides is 2. The molecule has 0 radical (unpaired) electrons. The van der Waals surface area contributed by atoms with Crippen molar-refractivity contribution in [2.75, 3.05) is 13.1 Å². The molecule has 1 aromatic carbocycles. The number of nitrogens with two attached hydrogens (primary N) is 1. The molecule has 0 aliphatic carbocycles. The summed E-state index contributed by atoms with van der Waals surface area (Å²) in [6, 6.07) is 13.8. The molecule has 24 heavy (non-hydrogen) atoms. The highest BCUT2D eigenvalue weighted by Gasteiger charge is 2.28. The van der Waals surface area contributed by atoms with Gasteiger partial charge in [0.2, 0.25) is 5.91 Å². The molecular formula is C19H20N2O2S. The van der Waals surface area contributed by atoms with Gasteiger partial charge in [-0.2, -0.15) is 0 Å². The minimum absolute atomic E-state index is 0.0178. The van der Waals surface area contributed by atoms with Crippen LogP contribution in [0, 0.1) is 5.92 Å². The first-order valence-electron chi connectivity index (χ1n) is 8.04. The zero-order chi connectivity index (χ0) is 16.9. The second-order valence-corrected chi connectivity index (χ2v) is 6.86. The molecule has 2 heterocycles. The normalized spacial score (nSPS) is 16.2. The van der Waals surface area contributed by atoms with Gasteiger partial charge in [-0.3, -0.25) is 9.59 Å². The van der Waals surface area contributed by atoms with E-state index in [1.54, 1.807) is 11.3 Å². The Bertz CT molecular complexity index is 730. The number of benzene rings is 1. The van der Waals surface area contributed by atoms with Crippen LogP contribution in [0.25, 0.3) is 11.6 Å². The largest absolute Gasteiger partial charge is 0.369 e. The number of hydrogen-bond donors (Lipinski definition) is 1. The fraction of sp³-hybridized carbons (Fsp3) is 0.263. The van der Waals surface area contributed by atoms with Crippen LogP contribution in [0.5, 0.6) is 0 Å². The van der Waals surface area contributed by atoms with Gasteiger partial charge in [-0.25, -0.2) is 0 Å². The third-order valence-electron chi connectivity index (χ3n) is 4.31. The molecule has 5 heteroatoms. The Hall–Kier alpha value is -2.40. The molecule has 1 aliphatic heterocycles. The first kappa shape index (κ1) is 16.5. The van der Waals surface area contributed by atoms with Crippen molar-refractivity contribution in [3.05, 3.63) is 58.3 Å². The van der Waals surface area contributed by atoms with Crippen molar-refractivity contribution in [3.8, 4) is 0 Å². The molecule has 2 amide bonds. The Balaban J connectivity index is 1.83. The fourth-order valence-corrected chi connectivity index (χ4v) is 3.66. The molecular weight excluding hydrogens is 320 g/mol. The molecule has 1 aromatic heterocycles. The zero-order valence-electron chi connectivity index (χ0n) is 13.4. The molecule has 2 N–H and O–H groups in total. The highest BCUT2D eigenvalue weighted by Crippen LogP contribution is 2.27. The third kappa shape index (κ3) is 3.74. The second kappa shape index (κ2) is 7.45. The van der Waals surface area contributed by atoms with E-state index in [9.17, 15) is 9.59 Å². The molecule has 0 atom stereocenters. The summed E-state index contributed by atoms with van der Waals surface area (Å²) in [7, 11) is 0. The molecule has 2 aromatic rings. The third-order valence-corrected chi connectivity index (χ3v) is 5.22. The van der Waals surface area contributed by atoms with Crippen molar-refractivity contribution < 1.29 is 9.59 Å². The monoisotopic (exact) mass is 340 g/mol. The zero-order valence-corrected chi connectivity index (χ0v) is 14.2. The lowest BCUT2D eigenvalue weighted by atomic mass is 9.95. The van der Waals surface area contributed by atoms with E-state index in [1.165, 1.54) is 0 Å². The van der Waals surface area contributed by atoms with Gasteiger partial charge in [0.15, 0.2) is 0 Å². The molecule has 0 spiro atoms. The van der Waals surface area contributed by atoms with Crippen molar-refractivity contribution in [2.24, 2.45) is 11.7 Å². The minimum Gasteiger partial charge on any atom is -0.369 e. The lowest BCUT2D eigenvalue weighted by molar-refractivity contribution is -0.130. The average molecular weight is 340 g/mol. The quantitative estimate of drug-likeness (QED) is 0.870. The van der Waals surface area contributed by atoms with Crippen LogP contribution in [0.3, 0.4) is 0 Å². The van der Waals surface area contributed by atoms with Crippen molar-refractivity contribution in [1.82, 2.24) is 4.90 Å². The predicted molar refractivity (Wildman–Crippen MR) is 97.1 cm³/mol. The predicted octanol–water partition coefficient (Wildman–Crippen LogP) is 3.01. The van der Waals surface area contributed by atoms with Crippen LogP contribution < -0.4 is 5.73 Å². The van der Waals surface area contributed by atoms with Crippen LogP contribution in [-0.4, -0.2) is 29.8 Å². The number of hydrogen-bond acceptors (Lipinski definition) is 3. The number of thiophene rings is 1. The molecule has 1 saturated heterocycles. The summed E-state index contributed by atoms with van der Waals surface area (Å²) in [6.45, 7) is 1.15. The van der Waals surface area contributed by atoms with Gasteiger partial charge in [0.25, 0.3) is 5.91 Å². The Labute approximate surface area is 145 Å². The van der Waals surface area contributed by atoms with Crippen molar-refractivity contribution in [1.29, 1.82) is 0 Å². The van der Waals surface area contributed by atoms with E-state index in [2.05, 4.69) is 0 Å². The van der Waals surface area contributed by atoms with Gasteiger partial charge >= 0.3 is 0 Å². The van der Waals surface area contributed by atoms with Gasteiger partial charge in [-0.1, -0.05) is 36.4 Å². The number of carbonyl (C=O) groups excluding carboxylic acids is 2. The van der Waals surface area contributed by atoms with Gasteiger partial charge in [0.1, 0.15) is 0 Å². The van der Waals surface area contributed by atoms with Crippen LogP contribution in [0.15, 0.2) is 47.8 Å². The SMILES string of the molecule is NC(=O)C1CCN(C(=O)/C(=C/c2ccccc2)c2cccs2)CC1. The van der Waals surface area contributed by atoms with Gasteiger partial charge in [-0.05, 0) is 35.9 Å². The molecule has 0 bridgehead atoms. The van der Waals surface area contributed by atoms with E-state index in [0.29, 0.717) is 31.5 Å². The minimum atomic E-state index is -0.264. The van der Waals surface area contributed by atoms with E-state index < -0.39 is 0 Å². The summed E-state index contributed by atoms with van der Waals surface area (Å²) in [5.41, 5.74) is 7.08. The summed E-state index contributed by atoms with van der Waals surface area (Å²) in [4.78, 5) is 27.1. The number of primary amides is 1. The molecule has 1 fully saturated rings. The van der Waals surface area contributed by atoms with Crippen LogP contribution >= 0.6 is 11.3 Å². The number of likely N-dealkylation sites (tertiary alicyclic amines) is 1. The first-order valence-corrected chi connectivity index (χ1v) is 8.92. The summed E-state index contributed by atoms with van der Waals surface area (Å²) in [5.74, 6) is -0.359. The van der Waals surface area contributed by atoms with Gasteiger partial charge in [0, 0.05) is 23.9 Å². The number of piperidine rings is 1. The molecule has 0 unspecified atom stereocenters. The summed E-state index contributed by atoms with van der Waals surface area (Å²) in [5, 5.41) is 1.97. The average Bonchev–Trinajstić information content (AvgIpc) is 3.14. The lowest BCUT2D eigenvalue weighted by Crippen LogP contribution is -2.42. The standard InChI is InChI=1S/C19H20N2O2S/c20-18(22)15-8-10-21(11-9-15)19(23)16(17-7-4-12-24-17)13-14-5-2-1-3-6-14/h1-7,12-13,15H,8-11H2,(H2,20,22)/b16-13+. The highest BCUT2D eigenvalue weighted by atomic mass is 32.1. The Morgan fingerprint density at radius 2 is 1.79 bits per heavy atom. The maximum Gasteiger partial charge on any atom is 0.255 e. The van der Waals surface area contributed by atoms with Crippen LogP contribution in [0.2, 0.25) is 0 Å².